The first kappa shape index (κ1) is 28.6. The third kappa shape index (κ3) is 6.95. The van der Waals surface area contributed by atoms with Crippen molar-refractivity contribution in [3.63, 3.8) is 0 Å². The third-order valence-electron chi connectivity index (χ3n) is 4.76. The molecule has 0 bridgehead atoms. The van der Waals surface area contributed by atoms with E-state index in [4.69, 9.17) is 30.6 Å². The fraction of sp³-hybridized carbons (Fsp3) is 0.619. The van der Waals surface area contributed by atoms with Crippen LogP contribution in [-0.2, 0) is 43.0 Å². The van der Waals surface area contributed by atoms with E-state index in [-0.39, 0.29) is 25.3 Å². The summed E-state index contributed by atoms with van der Waals surface area (Å²) in [5.74, 6) is -3.86. The highest BCUT2D eigenvalue weighted by Crippen LogP contribution is 2.40. The van der Waals surface area contributed by atoms with Crippen LogP contribution in [0.25, 0.3) is 0 Å². The summed E-state index contributed by atoms with van der Waals surface area (Å²) in [7, 11) is 1.44. The maximum Gasteiger partial charge on any atom is 0.358 e. The van der Waals surface area contributed by atoms with Gasteiger partial charge in [-0.3, -0.25) is 24.1 Å². The molecule has 2 aliphatic heterocycles. The zero-order valence-corrected chi connectivity index (χ0v) is 21.4. The van der Waals surface area contributed by atoms with Crippen LogP contribution in [0.5, 0.6) is 0 Å². The SMILES string of the molecule is CCCC(=O)OC(C)OC(=O)C1=C(COC)CS[C@@H]2C(NC(=O)/C(=N/OCC)C(=O)CCl)C(=O)N12. The Labute approximate surface area is 211 Å². The Bertz CT molecular complexity index is 924. The van der Waals surface area contributed by atoms with E-state index in [1.165, 1.54) is 30.7 Å². The van der Waals surface area contributed by atoms with Gasteiger partial charge in [-0.2, -0.15) is 0 Å². The number of hydrogen-bond donors (Lipinski definition) is 1. The highest BCUT2D eigenvalue weighted by atomic mass is 35.5. The van der Waals surface area contributed by atoms with E-state index in [0.717, 1.165) is 0 Å². The van der Waals surface area contributed by atoms with Crippen LogP contribution in [-0.4, -0.2) is 89.8 Å². The number of carbonyl (C=O) groups excluding carboxylic acids is 5. The van der Waals surface area contributed by atoms with Gasteiger partial charge in [0, 0.05) is 26.2 Å². The van der Waals surface area contributed by atoms with E-state index >= 15 is 0 Å². The molecule has 2 heterocycles. The molecule has 12 nitrogen and oxygen atoms in total. The van der Waals surface area contributed by atoms with Gasteiger partial charge in [-0.1, -0.05) is 12.1 Å². The summed E-state index contributed by atoms with van der Waals surface area (Å²) in [6, 6.07) is -1.03. The monoisotopic (exact) mass is 533 g/mol. The number of fused-ring (bicyclic) bond motifs is 1. The molecule has 1 saturated heterocycles. The highest BCUT2D eigenvalue weighted by molar-refractivity contribution is 8.00. The predicted octanol–water partition coefficient (Wildman–Crippen LogP) is 0.720. The van der Waals surface area contributed by atoms with Crippen molar-refractivity contribution < 1.29 is 43.0 Å². The molecule has 0 saturated carbocycles. The van der Waals surface area contributed by atoms with Gasteiger partial charge in [-0.15, -0.1) is 23.4 Å². The molecular weight excluding hydrogens is 506 g/mol. The number of methoxy groups -OCH3 is 1. The summed E-state index contributed by atoms with van der Waals surface area (Å²) in [5.41, 5.74) is -0.101. The standard InChI is InChI=1S/C21H28ClN3O9S/c1-5-7-14(27)33-11(3)34-21(30)17-12(9-31-4)10-35-20-16(19(29)25(17)20)23-18(28)15(13(26)8-22)24-32-6-2/h11,16,20H,5-10H2,1-4H3,(H,23,28)/b24-15+/t11?,16?,20-/m1/s1. The number of rotatable bonds is 13. The van der Waals surface area contributed by atoms with Crippen LogP contribution in [0.2, 0.25) is 0 Å². The zero-order chi connectivity index (χ0) is 26.1. The van der Waals surface area contributed by atoms with Crippen molar-refractivity contribution in [1.82, 2.24) is 10.2 Å². The number of hydrogen-bond acceptors (Lipinski definition) is 11. The molecule has 0 aliphatic carbocycles. The van der Waals surface area contributed by atoms with E-state index in [9.17, 15) is 24.0 Å². The Hall–Kier alpha value is -2.64. The number of amides is 2. The number of carbonyl (C=O) groups is 5. The van der Waals surface area contributed by atoms with Crippen LogP contribution in [0, 0.1) is 0 Å². The Morgan fingerprint density at radius 3 is 2.57 bits per heavy atom. The Kier molecular flexibility index (Phi) is 11.0. The van der Waals surface area contributed by atoms with Gasteiger partial charge in [-0.05, 0) is 18.9 Å². The highest BCUT2D eigenvalue weighted by Gasteiger charge is 2.55. The van der Waals surface area contributed by atoms with Crippen LogP contribution in [0.15, 0.2) is 16.4 Å². The lowest BCUT2D eigenvalue weighted by Crippen LogP contribution is -2.71. The molecule has 35 heavy (non-hydrogen) atoms. The first-order valence-electron chi connectivity index (χ1n) is 10.9. The zero-order valence-electron chi connectivity index (χ0n) is 19.8. The minimum absolute atomic E-state index is 0.0375. The Morgan fingerprint density at radius 2 is 1.97 bits per heavy atom. The molecule has 2 unspecified atom stereocenters. The minimum atomic E-state index is -1.17. The number of Topliss-reactive ketones (excluding diaryl/α,β-unsaturated/α-hetero) is 1. The summed E-state index contributed by atoms with van der Waals surface area (Å²) >= 11 is 6.83. The number of nitrogens with zero attached hydrogens (tertiary/aromatic N) is 2. The summed E-state index contributed by atoms with van der Waals surface area (Å²) in [4.78, 5) is 68.2. The van der Waals surface area contributed by atoms with Gasteiger partial charge < -0.3 is 24.4 Å². The quantitative estimate of drug-likeness (QED) is 0.0682. The first-order chi connectivity index (χ1) is 16.7. The van der Waals surface area contributed by atoms with Crippen LogP contribution in [0.3, 0.4) is 0 Å². The lowest BCUT2D eigenvalue weighted by Gasteiger charge is -2.49. The summed E-state index contributed by atoms with van der Waals surface area (Å²) in [6.07, 6.45) is -0.424. The molecule has 2 rings (SSSR count). The van der Waals surface area contributed by atoms with Crippen molar-refractivity contribution >= 4 is 58.6 Å². The van der Waals surface area contributed by atoms with E-state index in [2.05, 4.69) is 10.5 Å². The number of thioether (sulfide) groups is 1. The van der Waals surface area contributed by atoms with E-state index in [0.29, 0.717) is 17.7 Å². The summed E-state index contributed by atoms with van der Waals surface area (Å²) in [6.45, 7) is 5.00. The van der Waals surface area contributed by atoms with Crippen molar-refractivity contribution in [3.05, 3.63) is 11.3 Å². The number of oxime groups is 1. The van der Waals surface area contributed by atoms with Crippen LogP contribution in [0.1, 0.15) is 33.6 Å². The fourth-order valence-electron chi connectivity index (χ4n) is 3.26. The molecular formula is C21H28ClN3O9S. The van der Waals surface area contributed by atoms with Gasteiger partial charge in [0.2, 0.25) is 17.8 Å². The summed E-state index contributed by atoms with van der Waals surface area (Å²) in [5, 5.41) is 5.31. The van der Waals surface area contributed by atoms with Crippen molar-refractivity contribution in [1.29, 1.82) is 0 Å². The van der Waals surface area contributed by atoms with Crippen molar-refractivity contribution in [3.8, 4) is 0 Å². The molecule has 0 aromatic heterocycles. The summed E-state index contributed by atoms with van der Waals surface area (Å²) < 4.78 is 15.5. The first-order valence-corrected chi connectivity index (χ1v) is 12.4. The molecule has 0 aromatic rings. The lowest BCUT2D eigenvalue weighted by molar-refractivity contribution is -0.184. The van der Waals surface area contributed by atoms with Gasteiger partial charge in [0.1, 0.15) is 23.7 Å². The molecule has 14 heteroatoms. The smallest absolute Gasteiger partial charge is 0.358 e. The molecule has 0 spiro atoms. The molecule has 0 aromatic carbocycles. The van der Waals surface area contributed by atoms with Gasteiger partial charge in [0.25, 0.3) is 11.8 Å². The van der Waals surface area contributed by atoms with Crippen molar-refractivity contribution in [2.45, 2.75) is 51.3 Å². The molecule has 2 amide bonds. The number of esters is 2. The topological polar surface area (TPSA) is 150 Å². The fourth-order valence-corrected chi connectivity index (χ4v) is 4.71. The molecule has 0 radical (unpaired) electrons. The van der Waals surface area contributed by atoms with Gasteiger partial charge in [-0.25, -0.2) is 4.79 Å². The number of nitrogens with one attached hydrogen (secondary N) is 1. The average Bonchev–Trinajstić information content (AvgIpc) is 2.82. The molecule has 1 N–H and O–H groups in total. The van der Waals surface area contributed by atoms with Crippen molar-refractivity contribution in [2.75, 3.05) is 32.0 Å². The molecule has 2 aliphatic rings. The third-order valence-corrected chi connectivity index (χ3v) is 6.34. The van der Waals surface area contributed by atoms with Gasteiger partial charge >= 0.3 is 11.9 Å². The Balaban J connectivity index is 2.18. The molecule has 1 fully saturated rings. The van der Waals surface area contributed by atoms with E-state index in [1.807, 2.05) is 6.92 Å². The maximum atomic E-state index is 13.0. The Morgan fingerprint density at radius 1 is 1.26 bits per heavy atom. The van der Waals surface area contributed by atoms with Crippen molar-refractivity contribution in [2.24, 2.45) is 5.16 Å². The second-order valence-electron chi connectivity index (χ2n) is 7.37. The average molecular weight is 534 g/mol. The van der Waals surface area contributed by atoms with Gasteiger partial charge in [0.15, 0.2) is 0 Å². The van der Waals surface area contributed by atoms with Gasteiger partial charge in [0.05, 0.1) is 12.5 Å². The number of ether oxygens (including phenoxy) is 3. The van der Waals surface area contributed by atoms with Crippen LogP contribution < -0.4 is 5.32 Å². The lowest BCUT2D eigenvalue weighted by atomic mass is 10.0. The number of alkyl halides is 1. The van der Waals surface area contributed by atoms with E-state index in [1.54, 1.807) is 6.92 Å². The second kappa shape index (κ2) is 13.4. The second-order valence-corrected chi connectivity index (χ2v) is 8.75. The van der Waals surface area contributed by atoms with E-state index < -0.39 is 58.8 Å². The predicted molar refractivity (Wildman–Crippen MR) is 125 cm³/mol. The maximum absolute atomic E-state index is 13.0. The van der Waals surface area contributed by atoms with Crippen LogP contribution >= 0.6 is 23.4 Å². The molecule has 3 atom stereocenters. The number of β-lactam (4-membered cyclic amide) rings is 1. The number of ketones is 1. The minimum Gasteiger partial charge on any atom is -0.425 e. The van der Waals surface area contributed by atoms with Crippen LogP contribution in [0.4, 0.5) is 0 Å². The number of halogens is 1. The molecule has 194 valence electrons. The largest absolute Gasteiger partial charge is 0.425 e. The normalized spacial score (nSPS) is 20.4.